The molecule has 0 aliphatic carbocycles. The molecule has 1 aromatic carbocycles. The Bertz CT molecular complexity index is 434. The molecule has 0 aromatic heterocycles. The second kappa shape index (κ2) is 5.56. The summed E-state index contributed by atoms with van der Waals surface area (Å²) in [4.78, 5) is 14.0. The molecule has 0 heterocycles. The first-order valence-corrected chi connectivity index (χ1v) is 4.90. The van der Waals surface area contributed by atoms with Crippen molar-refractivity contribution in [3.63, 3.8) is 0 Å². The molecule has 5 nitrogen and oxygen atoms in total. The molecular formula is C10H10F3NO4. The highest BCUT2D eigenvalue weighted by atomic mass is 19.4. The summed E-state index contributed by atoms with van der Waals surface area (Å²) in [5.74, 6) is -0.320. The van der Waals surface area contributed by atoms with Crippen molar-refractivity contribution < 1.29 is 27.8 Å². The standard InChI is InChI=1S/C10H10F3NO4/c1-7-6-9(18-10(11,12)13)3-2-8(7)4-5-17-14(15)16/h2-3,6H,4-5H2,1H3. The van der Waals surface area contributed by atoms with Crippen LogP contribution >= 0.6 is 0 Å². The number of rotatable bonds is 5. The Hall–Kier alpha value is -1.99. The molecule has 1 rings (SSSR count). The molecule has 0 aliphatic heterocycles. The van der Waals surface area contributed by atoms with Crippen LogP contribution in [-0.4, -0.2) is 18.1 Å². The van der Waals surface area contributed by atoms with Gasteiger partial charge >= 0.3 is 6.36 Å². The van der Waals surface area contributed by atoms with Crippen LogP contribution in [0.4, 0.5) is 13.2 Å². The molecule has 0 unspecified atom stereocenters. The minimum atomic E-state index is -4.73. The van der Waals surface area contributed by atoms with E-state index in [0.29, 0.717) is 11.1 Å². The van der Waals surface area contributed by atoms with Gasteiger partial charge in [-0.3, -0.25) is 0 Å². The van der Waals surface area contributed by atoms with Gasteiger partial charge in [-0.05, 0) is 36.6 Å². The molecule has 8 heteroatoms. The Balaban J connectivity index is 2.65. The van der Waals surface area contributed by atoms with Gasteiger partial charge in [0.05, 0.1) is 0 Å². The molecule has 18 heavy (non-hydrogen) atoms. The van der Waals surface area contributed by atoms with E-state index in [1.807, 2.05) is 0 Å². The van der Waals surface area contributed by atoms with Gasteiger partial charge in [0.1, 0.15) is 12.4 Å². The molecular weight excluding hydrogens is 255 g/mol. The van der Waals surface area contributed by atoms with Crippen molar-refractivity contribution in [1.82, 2.24) is 0 Å². The van der Waals surface area contributed by atoms with Gasteiger partial charge in [-0.2, -0.15) is 0 Å². The molecule has 0 amide bonds. The SMILES string of the molecule is Cc1cc(OC(F)(F)F)ccc1CCO[N+](=O)[O-]. The molecule has 0 saturated heterocycles. The van der Waals surface area contributed by atoms with Crippen LogP contribution < -0.4 is 4.74 Å². The maximum atomic E-state index is 11.9. The molecule has 100 valence electrons. The van der Waals surface area contributed by atoms with Gasteiger partial charge in [0.25, 0.3) is 5.09 Å². The van der Waals surface area contributed by atoms with Crippen molar-refractivity contribution >= 4 is 0 Å². The van der Waals surface area contributed by atoms with Gasteiger partial charge in [0.15, 0.2) is 0 Å². The monoisotopic (exact) mass is 265 g/mol. The average Bonchev–Trinajstić information content (AvgIpc) is 2.18. The molecule has 0 spiro atoms. The third-order valence-corrected chi connectivity index (χ3v) is 2.12. The Labute approximate surface area is 100 Å². The van der Waals surface area contributed by atoms with Crippen LogP contribution in [0, 0.1) is 17.0 Å². The highest BCUT2D eigenvalue weighted by molar-refractivity contribution is 5.35. The van der Waals surface area contributed by atoms with Gasteiger partial charge in [-0.15, -0.1) is 23.3 Å². The zero-order valence-corrected chi connectivity index (χ0v) is 9.36. The zero-order valence-electron chi connectivity index (χ0n) is 9.36. The van der Waals surface area contributed by atoms with Crippen LogP contribution in [0.15, 0.2) is 18.2 Å². The lowest BCUT2D eigenvalue weighted by Crippen LogP contribution is -2.17. The summed E-state index contributed by atoms with van der Waals surface area (Å²) in [6.07, 6.45) is -4.50. The summed E-state index contributed by atoms with van der Waals surface area (Å²) in [6, 6.07) is 3.79. The van der Waals surface area contributed by atoms with E-state index in [-0.39, 0.29) is 18.8 Å². The Morgan fingerprint density at radius 2 is 2.06 bits per heavy atom. The van der Waals surface area contributed by atoms with Crippen LogP contribution in [0.1, 0.15) is 11.1 Å². The summed E-state index contributed by atoms with van der Waals surface area (Å²) < 4.78 is 39.6. The second-order valence-corrected chi connectivity index (χ2v) is 3.44. The molecule has 1 aromatic rings. The minimum absolute atomic E-state index is 0.146. The lowest BCUT2D eigenvalue weighted by Gasteiger charge is -2.11. The molecule has 0 bridgehead atoms. The molecule has 0 atom stereocenters. The van der Waals surface area contributed by atoms with Crippen LogP contribution in [-0.2, 0) is 11.3 Å². The molecule has 0 N–H and O–H groups in total. The van der Waals surface area contributed by atoms with E-state index in [9.17, 15) is 23.3 Å². The lowest BCUT2D eigenvalue weighted by atomic mass is 10.1. The van der Waals surface area contributed by atoms with Crippen molar-refractivity contribution in [3.8, 4) is 5.75 Å². The van der Waals surface area contributed by atoms with Crippen molar-refractivity contribution in [2.45, 2.75) is 19.7 Å². The topological polar surface area (TPSA) is 61.6 Å². The third-order valence-electron chi connectivity index (χ3n) is 2.12. The average molecular weight is 265 g/mol. The Kier molecular flexibility index (Phi) is 4.35. The highest BCUT2D eigenvalue weighted by Gasteiger charge is 2.31. The normalized spacial score (nSPS) is 11.1. The maximum absolute atomic E-state index is 11.9. The summed E-state index contributed by atoms with van der Waals surface area (Å²) in [5, 5.41) is 9.00. The fourth-order valence-corrected chi connectivity index (χ4v) is 1.38. The van der Waals surface area contributed by atoms with Gasteiger partial charge in [0, 0.05) is 0 Å². The molecule has 0 radical (unpaired) electrons. The summed E-state index contributed by atoms with van der Waals surface area (Å²) in [7, 11) is 0. The lowest BCUT2D eigenvalue weighted by molar-refractivity contribution is -0.757. The maximum Gasteiger partial charge on any atom is 0.573 e. The summed E-state index contributed by atoms with van der Waals surface area (Å²) in [5.41, 5.74) is 1.20. The number of alkyl halides is 3. The van der Waals surface area contributed by atoms with Gasteiger partial charge in [0.2, 0.25) is 0 Å². The van der Waals surface area contributed by atoms with Crippen LogP contribution in [0.2, 0.25) is 0 Å². The molecule has 0 fully saturated rings. The number of aryl methyl sites for hydroxylation is 1. The zero-order chi connectivity index (χ0) is 13.8. The largest absolute Gasteiger partial charge is 0.573 e. The predicted molar refractivity (Wildman–Crippen MR) is 54.5 cm³/mol. The number of hydrogen-bond acceptors (Lipinski definition) is 4. The van der Waals surface area contributed by atoms with E-state index in [1.54, 1.807) is 6.92 Å². The van der Waals surface area contributed by atoms with E-state index in [2.05, 4.69) is 9.57 Å². The number of hydrogen-bond donors (Lipinski definition) is 0. The predicted octanol–water partition coefficient (Wildman–Crippen LogP) is 2.64. The van der Waals surface area contributed by atoms with Crippen molar-refractivity contribution in [1.29, 1.82) is 0 Å². The van der Waals surface area contributed by atoms with Gasteiger partial charge in [-0.1, -0.05) is 6.07 Å². The third kappa shape index (κ3) is 4.89. The van der Waals surface area contributed by atoms with Crippen molar-refractivity contribution in [2.24, 2.45) is 0 Å². The number of ether oxygens (including phenoxy) is 1. The summed E-state index contributed by atoms with van der Waals surface area (Å²) >= 11 is 0. The number of benzene rings is 1. The molecule has 0 aliphatic rings. The Morgan fingerprint density at radius 3 is 2.56 bits per heavy atom. The van der Waals surface area contributed by atoms with Gasteiger partial charge in [-0.25, -0.2) is 0 Å². The minimum Gasteiger partial charge on any atom is -0.406 e. The van der Waals surface area contributed by atoms with Crippen LogP contribution in [0.25, 0.3) is 0 Å². The fraction of sp³-hybridized carbons (Fsp3) is 0.400. The van der Waals surface area contributed by atoms with E-state index in [0.717, 1.165) is 6.07 Å². The highest BCUT2D eigenvalue weighted by Crippen LogP contribution is 2.24. The van der Waals surface area contributed by atoms with Crippen molar-refractivity contribution in [3.05, 3.63) is 39.4 Å². The van der Waals surface area contributed by atoms with E-state index in [4.69, 9.17) is 0 Å². The first-order chi connectivity index (χ1) is 8.28. The quantitative estimate of drug-likeness (QED) is 0.606. The van der Waals surface area contributed by atoms with E-state index >= 15 is 0 Å². The number of halogens is 3. The van der Waals surface area contributed by atoms with E-state index < -0.39 is 11.4 Å². The Morgan fingerprint density at radius 1 is 1.39 bits per heavy atom. The van der Waals surface area contributed by atoms with Gasteiger partial charge < -0.3 is 9.57 Å². The van der Waals surface area contributed by atoms with Crippen LogP contribution in [0.3, 0.4) is 0 Å². The van der Waals surface area contributed by atoms with Crippen LogP contribution in [0.5, 0.6) is 5.75 Å². The fourth-order valence-electron chi connectivity index (χ4n) is 1.38. The smallest absolute Gasteiger partial charge is 0.406 e. The molecule has 0 saturated carbocycles. The second-order valence-electron chi connectivity index (χ2n) is 3.44. The number of nitrogens with zero attached hydrogens (tertiary/aromatic N) is 1. The van der Waals surface area contributed by atoms with E-state index in [1.165, 1.54) is 12.1 Å². The van der Waals surface area contributed by atoms with Crippen molar-refractivity contribution in [2.75, 3.05) is 6.61 Å². The first kappa shape index (κ1) is 14.1. The summed E-state index contributed by atoms with van der Waals surface area (Å²) in [6.45, 7) is 1.44. The first-order valence-electron chi connectivity index (χ1n) is 4.90.